The number of nitrogens with one attached hydrogen (secondary N) is 4. The molecule has 1 amide bonds. The van der Waals surface area contributed by atoms with Crippen LogP contribution in [0.15, 0.2) is 35.1 Å². The molecule has 3 aliphatic rings. The minimum absolute atomic E-state index is 0.0275. The van der Waals surface area contributed by atoms with E-state index in [2.05, 4.69) is 36.0 Å². The summed E-state index contributed by atoms with van der Waals surface area (Å²) in [5.41, 5.74) is 2.92. The van der Waals surface area contributed by atoms with Crippen molar-refractivity contribution in [2.24, 2.45) is 0 Å². The third-order valence-electron chi connectivity index (χ3n) is 7.26. The van der Waals surface area contributed by atoms with Gasteiger partial charge >= 0.3 is 0 Å². The van der Waals surface area contributed by atoms with E-state index in [4.69, 9.17) is 0 Å². The van der Waals surface area contributed by atoms with E-state index in [-0.39, 0.29) is 11.4 Å². The van der Waals surface area contributed by atoms with Crippen molar-refractivity contribution in [1.29, 1.82) is 0 Å². The second kappa shape index (κ2) is 8.09. The van der Waals surface area contributed by atoms with Gasteiger partial charge in [0.1, 0.15) is 11.5 Å². The van der Waals surface area contributed by atoms with E-state index in [1.54, 1.807) is 12.1 Å². The number of carbonyl (C=O) groups excluding carboxylic acids is 1. The van der Waals surface area contributed by atoms with Gasteiger partial charge in [-0.2, -0.15) is 10.2 Å². The monoisotopic (exact) mass is 503 g/mol. The van der Waals surface area contributed by atoms with Crippen LogP contribution in [-0.2, 0) is 0 Å². The predicted molar refractivity (Wildman–Crippen MR) is 133 cm³/mol. The third kappa shape index (κ3) is 3.70. The molecule has 36 heavy (non-hydrogen) atoms. The summed E-state index contributed by atoms with van der Waals surface area (Å²) in [6, 6.07) is 7.78. The fourth-order valence-corrected chi connectivity index (χ4v) is 6.43. The number of hydrogen-bond acceptors (Lipinski definition) is 7. The van der Waals surface area contributed by atoms with E-state index in [9.17, 15) is 14.0 Å². The Morgan fingerprint density at radius 3 is 2.67 bits per heavy atom. The van der Waals surface area contributed by atoms with Gasteiger partial charge < -0.3 is 10.6 Å². The lowest BCUT2D eigenvalue weighted by atomic mass is 10.0. The molecule has 4 aromatic rings. The number of halogens is 1. The Hall–Kier alpha value is -3.86. The van der Waals surface area contributed by atoms with Crippen LogP contribution in [0.5, 0.6) is 0 Å². The van der Waals surface area contributed by atoms with Crippen LogP contribution in [-0.4, -0.2) is 31.3 Å². The lowest BCUT2D eigenvalue weighted by Gasteiger charge is -2.09. The van der Waals surface area contributed by atoms with E-state index in [1.165, 1.54) is 28.3 Å². The Balaban J connectivity index is 1.13. The number of fused-ring (bicyclic) bond motifs is 5. The molecule has 0 radical (unpaired) electrons. The minimum Gasteiger partial charge on any atom is -0.334 e. The molecule has 0 aliphatic heterocycles. The molecule has 1 aromatic carbocycles. The molecule has 7 rings (SSSR count). The molecule has 2 atom stereocenters. The summed E-state index contributed by atoms with van der Waals surface area (Å²) >= 11 is 1.42. The predicted octanol–water partition coefficient (Wildman–Crippen LogP) is 4.99. The van der Waals surface area contributed by atoms with Gasteiger partial charge in [-0.1, -0.05) is 0 Å². The summed E-state index contributed by atoms with van der Waals surface area (Å²) in [6.45, 7) is 0. The SMILES string of the molecule is O=C(Nc1cc(-c2cc(Nc3cc(C4CC4)[nH]n3)c(=O)[nH]n2)ccc1F)c1nc2c(s1)C1CCC2C1. The zero-order valence-corrected chi connectivity index (χ0v) is 19.9. The Morgan fingerprint density at radius 1 is 1.00 bits per heavy atom. The molecule has 0 spiro atoms. The standard InChI is InChI=1S/C25H22FN7O2S/c26-15-6-5-12(8-18(15)28-24(35)25-29-21-13-3-4-14(7-13)22(21)36-25)16-9-19(23(34)33-31-16)27-20-10-17(30-32-20)11-1-2-11/h5-6,8-11,13-14H,1-4,7H2,(H,28,35)(H,33,34)(H2,27,30,31,32). The number of thiazole rings is 1. The van der Waals surface area contributed by atoms with E-state index < -0.39 is 17.3 Å². The summed E-state index contributed by atoms with van der Waals surface area (Å²) in [7, 11) is 0. The van der Waals surface area contributed by atoms with Gasteiger partial charge in [-0.25, -0.2) is 14.5 Å². The number of rotatable bonds is 6. The van der Waals surface area contributed by atoms with Gasteiger partial charge in [0.05, 0.1) is 17.1 Å². The van der Waals surface area contributed by atoms with Crippen molar-refractivity contribution < 1.29 is 9.18 Å². The molecule has 2 saturated carbocycles. The number of aromatic nitrogens is 5. The van der Waals surface area contributed by atoms with Crippen LogP contribution < -0.4 is 16.2 Å². The fraction of sp³-hybridized carbons (Fsp3) is 0.320. The number of aromatic amines is 2. The molecular weight excluding hydrogens is 481 g/mol. The van der Waals surface area contributed by atoms with E-state index >= 15 is 0 Å². The van der Waals surface area contributed by atoms with E-state index in [0.717, 1.165) is 43.5 Å². The van der Waals surface area contributed by atoms with Gasteiger partial charge in [0.25, 0.3) is 11.5 Å². The van der Waals surface area contributed by atoms with Gasteiger partial charge in [-0.3, -0.25) is 14.7 Å². The first-order valence-corrected chi connectivity index (χ1v) is 12.9. The fourth-order valence-electron chi connectivity index (χ4n) is 5.24. The summed E-state index contributed by atoms with van der Waals surface area (Å²) in [6.07, 6.45) is 5.69. The first-order valence-electron chi connectivity index (χ1n) is 12.1. The number of anilines is 3. The smallest absolute Gasteiger partial charge is 0.287 e. The maximum atomic E-state index is 14.6. The molecule has 182 valence electrons. The number of H-pyrrole nitrogens is 2. The second-order valence-corrected chi connectivity index (χ2v) is 10.8. The zero-order valence-electron chi connectivity index (χ0n) is 19.1. The van der Waals surface area contributed by atoms with Crippen molar-refractivity contribution in [1.82, 2.24) is 25.4 Å². The topological polar surface area (TPSA) is 128 Å². The highest BCUT2D eigenvalue weighted by Crippen LogP contribution is 2.54. The molecule has 9 nitrogen and oxygen atoms in total. The van der Waals surface area contributed by atoms with Crippen LogP contribution >= 0.6 is 11.3 Å². The van der Waals surface area contributed by atoms with Gasteiger partial charge in [0.15, 0.2) is 10.8 Å². The van der Waals surface area contributed by atoms with Crippen molar-refractivity contribution in [3.8, 4) is 11.3 Å². The Labute approximate surface area is 208 Å². The minimum atomic E-state index is -0.567. The second-order valence-electron chi connectivity index (χ2n) is 9.73. The number of carbonyl (C=O) groups is 1. The number of amides is 1. The molecule has 3 aromatic heterocycles. The van der Waals surface area contributed by atoms with Crippen LogP contribution in [0.25, 0.3) is 11.3 Å². The summed E-state index contributed by atoms with van der Waals surface area (Å²) in [5, 5.41) is 19.8. The third-order valence-corrected chi connectivity index (χ3v) is 8.49. The molecule has 11 heteroatoms. The molecule has 2 fully saturated rings. The molecule has 0 saturated heterocycles. The van der Waals surface area contributed by atoms with Crippen molar-refractivity contribution in [3.63, 3.8) is 0 Å². The lowest BCUT2D eigenvalue weighted by Crippen LogP contribution is -2.14. The maximum absolute atomic E-state index is 14.6. The zero-order chi connectivity index (χ0) is 24.4. The number of hydrogen-bond donors (Lipinski definition) is 4. The van der Waals surface area contributed by atoms with Crippen molar-refractivity contribution in [2.45, 2.75) is 49.9 Å². The Morgan fingerprint density at radius 2 is 1.83 bits per heavy atom. The van der Waals surface area contributed by atoms with E-state index in [0.29, 0.717) is 39.8 Å². The van der Waals surface area contributed by atoms with Crippen molar-refractivity contribution in [2.75, 3.05) is 10.6 Å². The van der Waals surface area contributed by atoms with Crippen LogP contribution in [0.4, 0.5) is 21.6 Å². The van der Waals surface area contributed by atoms with Gasteiger partial charge in [0.2, 0.25) is 0 Å². The van der Waals surface area contributed by atoms with Gasteiger partial charge in [-0.15, -0.1) is 11.3 Å². The highest BCUT2D eigenvalue weighted by molar-refractivity contribution is 7.14. The number of benzene rings is 1. The first kappa shape index (κ1) is 21.4. The summed E-state index contributed by atoms with van der Waals surface area (Å²) in [5.74, 6) is 1.02. The largest absolute Gasteiger partial charge is 0.334 e. The molecule has 3 heterocycles. The summed E-state index contributed by atoms with van der Waals surface area (Å²) < 4.78 is 14.6. The maximum Gasteiger partial charge on any atom is 0.287 e. The quantitative estimate of drug-likeness (QED) is 0.293. The van der Waals surface area contributed by atoms with E-state index in [1.807, 2.05) is 6.07 Å². The normalized spacial score (nSPS) is 19.9. The van der Waals surface area contributed by atoms with Crippen LogP contribution in [0, 0.1) is 5.82 Å². The van der Waals surface area contributed by atoms with Crippen LogP contribution in [0.1, 0.15) is 75.9 Å². The van der Waals surface area contributed by atoms with Gasteiger partial charge in [-0.05, 0) is 62.3 Å². The Kier molecular flexibility index (Phi) is 4.81. The summed E-state index contributed by atoms with van der Waals surface area (Å²) in [4.78, 5) is 31.0. The Bertz CT molecular complexity index is 1540. The number of nitrogens with zero attached hydrogens (tertiary/aromatic N) is 3. The molecule has 3 aliphatic carbocycles. The highest BCUT2D eigenvalue weighted by Gasteiger charge is 2.40. The highest BCUT2D eigenvalue weighted by atomic mass is 32.1. The van der Waals surface area contributed by atoms with Crippen molar-refractivity contribution >= 4 is 34.4 Å². The average Bonchev–Trinajstić information content (AvgIpc) is 3.24. The molecular formula is C25H22FN7O2S. The van der Waals surface area contributed by atoms with Crippen LogP contribution in [0.3, 0.4) is 0 Å². The molecule has 4 N–H and O–H groups in total. The first-order chi connectivity index (χ1) is 17.5. The average molecular weight is 504 g/mol. The van der Waals surface area contributed by atoms with Crippen LogP contribution in [0.2, 0.25) is 0 Å². The van der Waals surface area contributed by atoms with Gasteiger partial charge in [0, 0.05) is 34.0 Å². The molecule has 2 unspecified atom stereocenters. The molecule has 2 bridgehead atoms. The van der Waals surface area contributed by atoms with Crippen molar-refractivity contribution in [3.05, 3.63) is 67.8 Å². The lowest BCUT2D eigenvalue weighted by molar-refractivity contribution is 0.102.